The van der Waals surface area contributed by atoms with Crippen LogP contribution in [0.5, 0.6) is 0 Å². The Hall–Kier alpha value is -2.39. The molecule has 2 unspecified atom stereocenters. The van der Waals surface area contributed by atoms with Crippen LogP contribution in [0.2, 0.25) is 0 Å². The van der Waals surface area contributed by atoms with Gasteiger partial charge in [-0.15, -0.1) is 0 Å². The zero-order valence-corrected chi connectivity index (χ0v) is 15.6. The average molecular weight is 364 g/mol. The topological polar surface area (TPSA) is 36.8 Å². The molecule has 2 aliphatic carbocycles. The van der Waals surface area contributed by atoms with Gasteiger partial charge in [-0.2, -0.15) is 0 Å². The highest BCUT2D eigenvalue weighted by Gasteiger charge is 2.35. The Labute approximate surface area is 159 Å². The largest absolute Gasteiger partial charge is 0.347 e. The second kappa shape index (κ2) is 7.08. The molecule has 0 bridgehead atoms. The van der Waals surface area contributed by atoms with E-state index < -0.39 is 0 Å². The van der Waals surface area contributed by atoms with Gasteiger partial charge in [0.05, 0.1) is 0 Å². The lowest BCUT2D eigenvalue weighted by atomic mass is 9.77. The molecule has 1 N–H and O–H groups in total. The molecule has 0 fully saturated rings. The molecule has 4 rings (SSSR count). The number of hydrogen-bond donors (Lipinski definition) is 1. The zero-order chi connectivity index (χ0) is 18.0. The van der Waals surface area contributed by atoms with Gasteiger partial charge in [0, 0.05) is 11.0 Å². The van der Waals surface area contributed by atoms with Crippen LogP contribution in [0.1, 0.15) is 31.7 Å². The molecule has 1 heterocycles. The van der Waals surface area contributed by atoms with E-state index in [9.17, 15) is 0 Å². The Morgan fingerprint density at radius 1 is 1.08 bits per heavy atom. The fourth-order valence-electron chi connectivity index (χ4n) is 3.47. The van der Waals surface area contributed by atoms with E-state index in [-0.39, 0.29) is 11.6 Å². The summed E-state index contributed by atoms with van der Waals surface area (Å²) in [6.07, 6.45) is 16.6. The first-order valence-corrected chi connectivity index (χ1v) is 9.42. The van der Waals surface area contributed by atoms with Crippen molar-refractivity contribution >= 4 is 22.7 Å². The maximum atomic E-state index is 6.25. The number of allylic oxidation sites excluding steroid dienone is 7. The van der Waals surface area contributed by atoms with Crippen molar-refractivity contribution in [2.45, 2.75) is 32.4 Å². The first kappa shape index (κ1) is 17.0. The molecule has 132 valence electrons. The Bertz CT molecular complexity index is 874. The van der Waals surface area contributed by atoms with E-state index in [4.69, 9.17) is 11.6 Å². The SMILES string of the molecule is CC1(C2N=C(Cl)N=C(c3ccccc3)N2)C=CC(C2=CCCC=C2)=CC1. The van der Waals surface area contributed by atoms with Crippen molar-refractivity contribution in [3.8, 4) is 0 Å². The highest BCUT2D eigenvalue weighted by molar-refractivity contribution is 6.66. The Morgan fingerprint density at radius 3 is 2.58 bits per heavy atom. The predicted octanol–water partition coefficient (Wildman–Crippen LogP) is 5.13. The van der Waals surface area contributed by atoms with Gasteiger partial charge >= 0.3 is 0 Å². The summed E-state index contributed by atoms with van der Waals surface area (Å²) in [5, 5.41) is 3.77. The minimum Gasteiger partial charge on any atom is -0.347 e. The van der Waals surface area contributed by atoms with Crippen molar-refractivity contribution < 1.29 is 0 Å². The van der Waals surface area contributed by atoms with E-state index in [0.29, 0.717) is 5.29 Å². The summed E-state index contributed by atoms with van der Waals surface area (Å²) in [5.74, 6) is 0.776. The second-order valence-electron chi connectivity index (χ2n) is 7.11. The maximum absolute atomic E-state index is 6.25. The average Bonchev–Trinajstić information content (AvgIpc) is 2.69. The van der Waals surface area contributed by atoms with E-state index in [0.717, 1.165) is 30.7 Å². The molecule has 1 aromatic carbocycles. The first-order chi connectivity index (χ1) is 12.6. The molecule has 0 saturated heterocycles. The third-order valence-electron chi connectivity index (χ3n) is 5.12. The molecular formula is C22H22ClN3. The van der Waals surface area contributed by atoms with Gasteiger partial charge in [-0.25, -0.2) is 9.98 Å². The summed E-state index contributed by atoms with van der Waals surface area (Å²) < 4.78 is 0. The van der Waals surface area contributed by atoms with Gasteiger partial charge in [-0.3, -0.25) is 0 Å². The van der Waals surface area contributed by atoms with Crippen LogP contribution < -0.4 is 5.32 Å². The van der Waals surface area contributed by atoms with Gasteiger partial charge in [-0.05, 0) is 42.0 Å². The van der Waals surface area contributed by atoms with E-state index in [1.807, 2.05) is 30.3 Å². The molecule has 3 aliphatic rings. The van der Waals surface area contributed by atoms with Crippen molar-refractivity contribution in [2.75, 3.05) is 0 Å². The van der Waals surface area contributed by atoms with Crippen LogP contribution in [0.25, 0.3) is 0 Å². The summed E-state index contributed by atoms with van der Waals surface area (Å²) >= 11 is 6.25. The molecule has 26 heavy (non-hydrogen) atoms. The molecule has 0 amide bonds. The molecule has 2 atom stereocenters. The molecule has 0 radical (unpaired) electrons. The highest BCUT2D eigenvalue weighted by Crippen LogP contribution is 2.37. The number of amidine groups is 2. The normalized spacial score (nSPS) is 27.8. The molecule has 0 aromatic heterocycles. The van der Waals surface area contributed by atoms with Crippen molar-refractivity contribution in [1.29, 1.82) is 0 Å². The summed E-state index contributed by atoms with van der Waals surface area (Å²) in [5.41, 5.74) is 3.47. The minimum absolute atomic E-state index is 0.146. The lowest BCUT2D eigenvalue weighted by Crippen LogP contribution is -2.47. The summed E-state index contributed by atoms with van der Waals surface area (Å²) in [6, 6.07) is 10.0. The van der Waals surface area contributed by atoms with E-state index in [2.05, 4.69) is 58.7 Å². The van der Waals surface area contributed by atoms with Gasteiger partial charge < -0.3 is 5.32 Å². The number of halogens is 1. The number of nitrogens with zero attached hydrogens (tertiary/aromatic N) is 2. The van der Waals surface area contributed by atoms with Gasteiger partial charge in [0.15, 0.2) is 0 Å². The van der Waals surface area contributed by atoms with Gasteiger partial charge in [-0.1, -0.05) is 73.7 Å². The predicted molar refractivity (Wildman–Crippen MR) is 110 cm³/mol. The Balaban J connectivity index is 1.54. The molecule has 0 saturated carbocycles. The van der Waals surface area contributed by atoms with Crippen molar-refractivity contribution in [2.24, 2.45) is 15.4 Å². The molecule has 3 nitrogen and oxygen atoms in total. The zero-order valence-electron chi connectivity index (χ0n) is 14.8. The monoisotopic (exact) mass is 363 g/mol. The standard InChI is InChI=1S/C22H22ClN3/c1-22(14-12-17(13-15-22)16-8-4-2-5-9-16)20-24-19(25-21(23)26-20)18-10-6-3-7-11-18/h3-4,6-14,20H,2,5,15H2,1H3,(H,24,25,26). The van der Waals surface area contributed by atoms with Crippen LogP contribution in [-0.2, 0) is 0 Å². The number of hydrogen-bond acceptors (Lipinski definition) is 3. The lowest BCUT2D eigenvalue weighted by molar-refractivity contribution is 0.318. The summed E-state index contributed by atoms with van der Waals surface area (Å²) in [6.45, 7) is 2.21. The Kier molecular flexibility index (Phi) is 4.64. The summed E-state index contributed by atoms with van der Waals surface area (Å²) in [4.78, 5) is 8.95. The smallest absolute Gasteiger partial charge is 0.221 e. The molecule has 4 heteroatoms. The van der Waals surface area contributed by atoms with Gasteiger partial charge in [0.25, 0.3) is 0 Å². The molecule has 1 aliphatic heterocycles. The minimum atomic E-state index is -0.154. The van der Waals surface area contributed by atoms with Gasteiger partial charge in [0.1, 0.15) is 12.0 Å². The van der Waals surface area contributed by atoms with Crippen molar-refractivity contribution in [3.63, 3.8) is 0 Å². The number of benzene rings is 1. The van der Waals surface area contributed by atoms with Crippen LogP contribution in [-0.4, -0.2) is 17.3 Å². The Morgan fingerprint density at radius 2 is 1.88 bits per heavy atom. The van der Waals surface area contributed by atoms with E-state index in [1.54, 1.807) is 0 Å². The van der Waals surface area contributed by atoms with Crippen LogP contribution in [0.4, 0.5) is 0 Å². The van der Waals surface area contributed by atoms with Crippen molar-refractivity contribution in [1.82, 2.24) is 5.32 Å². The van der Waals surface area contributed by atoms with Crippen molar-refractivity contribution in [3.05, 3.63) is 83.5 Å². The molecule has 1 aromatic rings. The third kappa shape index (κ3) is 3.45. The first-order valence-electron chi connectivity index (χ1n) is 9.04. The van der Waals surface area contributed by atoms with E-state index >= 15 is 0 Å². The number of rotatable bonds is 3. The quantitative estimate of drug-likeness (QED) is 0.743. The maximum Gasteiger partial charge on any atom is 0.221 e. The molecule has 0 spiro atoms. The van der Waals surface area contributed by atoms with E-state index in [1.165, 1.54) is 11.1 Å². The number of aliphatic imine (C=N–C) groups is 2. The summed E-state index contributed by atoms with van der Waals surface area (Å²) in [7, 11) is 0. The molecular weight excluding hydrogens is 342 g/mol. The van der Waals surface area contributed by atoms with Crippen LogP contribution in [0.15, 0.2) is 87.9 Å². The van der Waals surface area contributed by atoms with Crippen LogP contribution in [0, 0.1) is 5.41 Å². The second-order valence-corrected chi connectivity index (χ2v) is 7.45. The third-order valence-corrected chi connectivity index (χ3v) is 5.30. The number of nitrogens with one attached hydrogen (secondary N) is 1. The fourth-order valence-corrected chi connectivity index (χ4v) is 3.65. The fraction of sp³-hybridized carbons (Fsp3) is 0.273. The highest BCUT2D eigenvalue weighted by atomic mass is 35.5. The van der Waals surface area contributed by atoms with Crippen LogP contribution >= 0.6 is 11.6 Å². The van der Waals surface area contributed by atoms with Crippen LogP contribution in [0.3, 0.4) is 0 Å². The lowest BCUT2D eigenvalue weighted by Gasteiger charge is -2.36. The van der Waals surface area contributed by atoms with Gasteiger partial charge in [0.2, 0.25) is 5.29 Å².